The van der Waals surface area contributed by atoms with Gasteiger partial charge in [0.2, 0.25) is 0 Å². The molecule has 0 saturated heterocycles. The summed E-state index contributed by atoms with van der Waals surface area (Å²) in [6.07, 6.45) is 0. The second-order valence-electron chi connectivity index (χ2n) is 1.57. The summed E-state index contributed by atoms with van der Waals surface area (Å²) in [5, 5.41) is 17.9. The fourth-order valence-electron chi connectivity index (χ4n) is 0. The summed E-state index contributed by atoms with van der Waals surface area (Å²) in [7, 11) is 0. The van der Waals surface area contributed by atoms with Crippen LogP contribution in [-0.4, -0.2) is 28.7 Å². The molecule has 0 heterocycles. The van der Waals surface area contributed by atoms with E-state index in [1.165, 1.54) is 0 Å². The number of nitrogens with zero attached hydrogens (tertiary/aromatic N) is 1. The van der Waals surface area contributed by atoms with Gasteiger partial charge in [0.05, 0.1) is 5.71 Å². The molecule has 0 aliphatic heterocycles. The lowest BCUT2D eigenvalue weighted by Gasteiger charge is -1.72. The van der Waals surface area contributed by atoms with Crippen molar-refractivity contribution >= 4 is 11.7 Å². The van der Waals surface area contributed by atoms with Crippen LogP contribution in [0, 0.1) is 0 Å². The van der Waals surface area contributed by atoms with E-state index in [0.717, 1.165) is 0 Å². The molecule has 2 N–H and O–H groups in total. The Bertz CT molecular complexity index is 120. The highest BCUT2D eigenvalue weighted by molar-refractivity contribution is 5.78. The van der Waals surface area contributed by atoms with Crippen molar-refractivity contribution in [3.05, 3.63) is 0 Å². The number of halogens is 1. The van der Waals surface area contributed by atoms with Gasteiger partial charge in [-0.15, -0.1) is 0 Å². The molecule has 0 aromatic heterocycles. The molecule has 0 spiro atoms. The Morgan fingerprint density at radius 1 is 1.60 bits per heavy atom. The summed E-state index contributed by atoms with van der Waals surface area (Å²) in [5.74, 6) is -1.41. The van der Waals surface area contributed by atoms with Gasteiger partial charge in [0, 0.05) is 0 Å². The molecule has 0 aromatic carbocycles. The smallest absolute Gasteiger partial charge is 0.335 e. The molecule has 0 rings (SSSR count). The minimum atomic E-state index is -1.41. The molecule has 10 heavy (non-hydrogen) atoms. The van der Waals surface area contributed by atoms with Crippen molar-refractivity contribution in [1.82, 2.24) is 0 Å². The molecule has 0 saturated carbocycles. The van der Waals surface area contributed by atoms with E-state index in [-0.39, 0.29) is 0 Å². The highest BCUT2D eigenvalue weighted by Gasteiger charge is 1.85. The van der Waals surface area contributed by atoms with Gasteiger partial charge < -0.3 is 10.3 Å². The van der Waals surface area contributed by atoms with Crippen LogP contribution in [0.2, 0.25) is 0 Å². The predicted molar refractivity (Wildman–Crippen MR) is 34.2 cm³/mol. The number of carbonyl (C=O) groups is 1. The number of oxime groups is 1. The van der Waals surface area contributed by atoms with Gasteiger partial charge in [-0.1, -0.05) is 5.16 Å². The maximum Gasteiger partial charge on any atom is 0.335 e. The maximum atomic E-state index is 10.5. The lowest BCUT2D eigenvalue weighted by Crippen LogP contribution is -1.93. The first kappa shape index (κ1) is 11.6. The number of rotatable bonds is 1. The van der Waals surface area contributed by atoms with Crippen LogP contribution in [0.25, 0.3) is 0 Å². The summed E-state index contributed by atoms with van der Waals surface area (Å²) in [6.45, 7) is 2.17. The Balaban J connectivity index is 0. The Kier molecular flexibility index (Phi) is 9.16. The quantitative estimate of drug-likeness (QED) is 0.332. The number of carboxylic acid groups (broad SMARTS) is 1. The van der Waals surface area contributed by atoms with Crippen LogP contribution in [-0.2, 0) is 4.79 Å². The van der Waals surface area contributed by atoms with Crippen molar-refractivity contribution in [3.63, 3.8) is 0 Å². The van der Waals surface area contributed by atoms with E-state index in [1.54, 1.807) is 13.8 Å². The van der Waals surface area contributed by atoms with E-state index < -0.39 is 12.6 Å². The normalized spacial score (nSPS) is 7.10. The Morgan fingerprint density at radius 2 is 1.80 bits per heavy atom. The zero-order valence-electron chi connectivity index (χ0n) is 5.83. The highest BCUT2D eigenvalue weighted by atomic mass is 19.1. The first-order valence-corrected chi connectivity index (χ1v) is 2.47. The average Bonchev–Trinajstić information content (AvgIpc) is 1.89. The number of aliphatic carboxylic acids is 1. The zero-order chi connectivity index (χ0) is 8.57. The fraction of sp³-hybridized carbons (Fsp3) is 0.600. The third kappa shape index (κ3) is 28.7. The molecule has 0 aliphatic rings. The largest absolute Gasteiger partial charge is 0.479 e. The Hall–Kier alpha value is -1.13. The van der Waals surface area contributed by atoms with Gasteiger partial charge in [0.15, 0.2) is 6.67 Å². The summed E-state index contributed by atoms with van der Waals surface area (Å²) < 4.78 is 10.5. The molecule has 60 valence electrons. The number of hydrogen-bond donors (Lipinski definition) is 2. The lowest BCUT2D eigenvalue weighted by atomic mass is 10.5. The van der Waals surface area contributed by atoms with E-state index in [9.17, 15) is 4.39 Å². The van der Waals surface area contributed by atoms with Crippen LogP contribution in [0.1, 0.15) is 13.8 Å². The SMILES string of the molecule is CC(C)=NO.O=C(O)CF. The van der Waals surface area contributed by atoms with Gasteiger partial charge in [0.25, 0.3) is 0 Å². The van der Waals surface area contributed by atoms with Gasteiger partial charge in [-0.3, -0.25) is 0 Å². The van der Waals surface area contributed by atoms with Crippen molar-refractivity contribution in [2.24, 2.45) is 5.16 Å². The van der Waals surface area contributed by atoms with Crippen molar-refractivity contribution < 1.29 is 19.5 Å². The van der Waals surface area contributed by atoms with Crippen LogP contribution in [0.4, 0.5) is 4.39 Å². The van der Waals surface area contributed by atoms with Crippen molar-refractivity contribution in [1.29, 1.82) is 0 Å². The first-order chi connectivity index (χ1) is 4.54. The number of carboxylic acids is 1. The average molecular weight is 151 g/mol. The second-order valence-corrected chi connectivity index (χ2v) is 1.57. The van der Waals surface area contributed by atoms with E-state index in [0.29, 0.717) is 5.71 Å². The Labute approximate surface area is 58.0 Å². The Morgan fingerprint density at radius 3 is 1.80 bits per heavy atom. The van der Waals surface area contributed by atoms with Crippen LogP contribution in [0.15, 0.2) is 5.16 Å². The van der Waals surface area contributed by atoms with E-state index in [2.05, 4.69) is 5.16 Å². The third-order valence-electron chi connectivity index (χ3n) is 0.314. The summed E-state index contributed by atoms with van der Waals surface area (Å²) in [5.41, 5.74) is 0.685. The summed E-state index contributed by atoms with van der Waals surface area (Å²) in [4.78, 5) is 8.99. The second kappa shape index (κ2) is 7.87. The summed E-state index contributed by atoms with van der Waals surface area (Å²) >= 11 is 0. The first-order valence-electron chi connectivity index (χ1n) is 2.47. The van der Waals surface area contributed by atoms with Gasteiger partial charge in [0.1, 0.15) is 0 Å². The van der Waals surface area contributed by atoms with Gasteiger partial charge >= 0.3 is 5.97 Å². The molecule has 4 nitrogen and oxygen atoms in total. The van der Waals surface area contributed by atoms with Crippen molar-refractivity contribution in [2.75, 3.05) is 6.67 Å². The standard InChI is InChI=1S/C3H7NO.C2H3FO2/c1-3(2)4-5;3-1-2(4)5/h5H,1-2H3;1H2,(H,4,5). The van der Waals surface area contributed by atoms with Crippen LogP contribution < -0.4 is 0 Å². The summed E-state index contributed by atoms with van der Waals surface area (Å²) in [6, 6.07) is 0. The van der Waals surface area contributed by atoms with E-state index in [4.69, 9.17) is 15.1 Å². The molecule has 0 atom stereocenters. The molecule has 0 radical (unpaired) electrons. The molecular weight excluding hydrogens is 141 g/mol. The lowest BCUT2D eigenvalue weighted by molar-refractivity contribution is -0.137. The predicted octanol–water partition coefficient (Wildman–Crippen LogP) is 0.897. The molecule has 0 fully saturated rings. The van der Waals surface area contributed by atoms with Crippen LogP contribution >= 0.6 is 0 Å². The van der Waals surface area contributed by atoms with Crippen LogP contribution in [0.5, 0.6) is 0 Å². The molecule has 5 heteroatoms. The molecular formula is C5H10FNO3. The maximum absolute atomic E-state index is 10.5. The monoisotopic (exact) mass is 151 g/mol. The third-order valence-corrected chi connectivity index (χ3v) is 0.314. The fourth-order valence-corrected chi connectivity index (χ4v) is 0. The molecule has 0 aromatic rings. The molecule has 0 unspecified atom stereocenters. The van der Waals surface area contributed by atoms with E-state index >= 15 is 0 Å². The van der Waals surface area contributed by atoms with E-state index in [1.807, 2.05) is 0 Å². The minimum absolute atomic E-state index is 0.685. The van der Waals surface area contributed by atoms with Crippen LogP contribution in [0.3, 0.4) is 0 Å². The molecule has 0 aliphatic carbocycles. The van der Waals surface area contributed by atoms with Crippen molar-refractivity contribution in [3.8, 4) is 0 Å². The number of alkyl halides is 1. The zero-order valence-corrected chi connectivity index (χ0v) is 5.83. The highest BCUT2D eigenvalue weighted by Crippen LogP contribution is 1.62. The van der Waals surface area contributed by atoms with Gasteiger partial charge in [-0.2, -0.15) is 0 Å². The minimum Gasteiger partial charge on any atom is -0.479 e. The van der Waals surface area contributed by atoms with Gasteiger partial charge in [-0.05, 0) is 13.8 Å². The number of hydrogen-bond acceptors (Lipinski definition) is 3. The molecule has 0 bridgehead atoms. The topological polar surface area (TPSA) is 69.9 Å². The van der Waals surface area contributed by atoms with Gasteiger partial charge in [-0.25, -0.2) is 9.18 Å². The molecule has 0 amide bonds. The van der Waals surface area contributed by atoms with Crippen molar-refractivity contribution in [2.45, 2.75) is 13.8 Å².